The van der Waals surface area contributed by atoms with E-state index in [1.54, 1.807) is 0 Å². The van der Waals surface area contributed by atoms with Gasteiger partial charge in [0.15, 0.2) is 0 Å². The monoisotopic (exact) mass is 413 g/mol. The van der Waals surface area contributed by atoms with Crippen LogP contribution in [0.2, 0.25) is 0 Å². The van der Waals surface area contributed by atoms with E-state index in [9.17, 15) is 18.0 Å². The Bertz CT molecular complexity index is 1070. The number of amides is 1. The van der Waals surface area contributed by atoms with Crippen LogP contribution in [-0.2, 0) is 14.8 Å². The summed E-state index contributed by atoms with van der Waals surface area (Å²) in [5.41, 5.74) is 1.62. The van der Waals surface area contributed by atoms with Gasteiger partial charge in [-0.25, -0.2) is 8.42 Å². The molecule has 29 heavy (non-hydrogen) atoms. The fraction of sp³-hybridized carbons (Fsp3) is 0.333. The molecule has 0 aromatic heterocycles. The van der Waals surface area contributed by atoms with Crippen LogP contribution in [0, 0.1) is 0 Å². The second-order valence-corrected chi connectivity index (χ2v) is 9.39. The first-order valence-corrected chi connectivity index (χ1v) is 11.0. The molecule has 4 rings (SSSR count). The van der Waals surface area contributed by atoms with Gasteiger partial charge in [-0.3, -0.25) is 9.59 Å². The minimum atomic E-state index is -3.77. The number of anilines is 2. The summed E-state index contributed by atoms with van der Waals surface area (Å²) in [6.45, 7) is 1.02. The van der Waals surface area contributed by atoms with Crippen molar-refractivity contribution in [3.63, 3.8) is 0 Å². The van der Waals surface area contributed by atoms with Crippen LogP contribution in [0.15, 0.2) is 53.4 Å². The molecule has 2 aromatic rings. The molecule has 2 aliphatic heterocycles. The Kier molecular flexibility index (Phi) is 4.92. The van der Waals surface area contributed by atoms with E-state index in [1.807, 2.05) is 37.4 Å². The normalized spacial score (nSPS) is 19.7. The van der Waals surface area contributed by atoms with Crippen molar-refractivity contribution in [1.82, 2.24) is 4.31 Å². The third-order valence-electron chi connectivity index (χ3n) is 5.68. The molecule has 7 nitrogen and oxygen atoms in total. The van der Waals surface area contributed by atoms with Crippen LogP contribution in [0.3, 0.4) is 0 Å². The van der Waals surface area contributed by atoms with E-state index in [0.717, 1.165) is 18.5 Å². The van der Waals surface area contributed by atoms with E-state index in [2.05, 4.69) is 4.90 Å². The summed E-state index contributed by atoms with van der Waals surface area (Å²) >= 11 is 0. The lowest BCUT2D eigenvalue weighted by molar-refractivity contribution is -0.114. The fourth-order valence-corrected chi connectivity index (χ4v) is 5.79. The number of fused-ring (bicyclic) bond motifs is 1. The number of benzene rings is 2. The van der Waals surface area contributed by atoms with E-state index in [0.29, 0.717) is 18.8 Å². The molecule has 0 spiro atoms. The molecule has 2 heterocycles. The lowest BCUT2D eigenvalue weighted by Gasteiger charge is -2.29. The summed E-state index contributed by atoms with van der Waals surface area (Å²) < 4.78 is 28.2. The third-order valence-corrected chi connectivity index (χ3v) is 7.63. The van der Waals surface area contributed by atoms with Crippen molar-refractivity contribution in [2.24, 2.45) is 0 Å². The number of carbonyl (C=O) groups is 2. The van der Waals surface area contributed by atoms with Gasteiger partial charge in [0.2, 0.25) is 10.0 Å². The molecule has 1 amide bonds. The zero-order chi connectivity index (χ0) is 20.8. The Hall–Kier alpha value is -2.71. The van der Waals surface area contributed by atoms with Gasteiger partial charge in [-0.1, -0.05) is 18.2 Å². The molecule has 0 saturated carbocycles. The minimum absolute atomic E-state index is 0.0574. The van der Waals surface area contributed by atoms with E-state index < -0.39 is 21.7 Å². The number of hydrogen-bond donors (Lipinski definition) is 0. The maximum atomic E-state index is 13.3. The Morgan fingerprint density at radius 1 is 1.10 bits per heavy atom. The summed E-state index contributed by atoms with van der Waals surface area (Å²) in [4.78, 5) is 27.4. The van der Waals surface area contributed by atoms with Gasteiger partial charge in [0, 0.05) is 38.9 Å². The van der Waals surface area contributed by atoms with Gasteiger partial charge >= 0.3 is 0 Å². The number of likely N-dealkylation sites (N-methyl/N-ethyl adjacent to an activating group) is 2. The first kappa shape index (κ1) is 19.6. The second kappa shape index (κ2) is 7.27. The number of para-hydroxylation sites is 1. The standard InChI is InChI=1S/C21H23N3O4S/c1-22(15-7-4-3-5-8-15)14-16-9-6-12-24(16)29(27,28)17-10-11-19-18(13-17)20(25)21(26)23(19)2/h3-5,7-8,10-11,13,16H,6,9,12,14H2,1-2H3. The largest absolute Gasteiger partial charge is 0.373 e. The molecule has 0 radical (unpaired) electrons. The highest BCUT2D eigenvalue weighted by Gasteiger charge is 2.38. The van der Waals surface area contributed by atoms with Crippen LogP contribution in [-0.4, -0.2) is 57.6 Å². The van der Waals surface area contributed by atoms with Crippen molar-refractivity contribution in [3.05, 3.63) is 54.1 Å². The smallest absolute Gasteiger partial charge is 0.299 e. The van der Waals surface area contributed by atoms with Gasteiger partial charge in [-0.05, 0) is 43.2 Å². The van der Waals surface area contributed by atoms with Crippen molar-refractivity contribution in [3.8, 4) is 0 Å². The summed E-state index contributed by atoms with van der Waals surface area (Å²) in [6, 6.07) is 14.0. The van der Waals surface area contributed by atoms with Gasteiger partial charge in [0.25, 0.3) is 11.7 Å². The van der Waals surface area contributed by atoms with Crippen LogP contribution in [0.1, 0.15) is 23.2 Å². The molecule has 1 saturated heterocycles. The van der Waals surface area contributed by atoms with Crippen molar-refractivity contribution >= 4 is 33.1 Å². The first-order chi connectivity index (χ1) is 13.8. The summed E-state index contributed by atoms with van der Waals surface area (Å²) in [7, 11) is -0.309. The SMILES string of the molecule is CN(CC1CCCN1S(=O)(=O)c1ccc2c(c1)C(=O)C(=O)N2C)c1ccccc1. The Labute approximate surface area is 170 Å². The van der Waals surface area contributed by atoms with Gasteiger partial charge in [0.1, 0.15) is 0 Å². The summed E-state index contributed by atoms with van der Waals surface area (Å²) in [5.74, 6) is -1.31. The van der Waals surface area contributed by atoms with Crippen LogP contribution in [0.5, 0.6) is 0 Å². The van der Waals surface area contributed by atoms with Gasteiger partial charge < -0.3 is 9.80 Å². The number of hydrogen-bond acceptors (Lipinski definition) is 5. The van der Waals surface area contributed by atoms with E-state index >= 15 is 0 Å². The molecule has 152 valence electrons. The second-order valence-electron chi connectivity index (χ2n) is 7.50. The molecule has 2 aromatic carbocycles. The molecular weight excluding hydrogens is 390 g/mol. The van der Waals surface area contributed by atoms with Crippen LogP contribution >= 0.6 is 0 Å². The summed E-state index contributed by atoms with van der Waals surface area (Å²) in [6.07, 6.45) is 1.57. The lowest BCUT2D eigenvalue weighted by Crippen LogP contribution is -2.42. The average Bonchev–Trinajstić information content (AvgIpc) is 3.28. The number of carbonyl (C=O) groups excluding carboxylic acids is 2. The fourth-order valence-electron chi connectivity index (χ4n) is 4.07. The molecule has 0 aliphatic carbocycles. The molecule has 0 bridgehead atoms. The highest BCUT2D eigenvalue weighted by atomic mass is 32.2. The number of sulfonamides is 1. The molecule has 1 fully saturated rings. The van der Waals surface area contributed by atoms with E-state index in [-0.39, 0.29) is 16.5 Å². The predicted molar refractivity (Wildman–Crippen MR) is 111 cm³/mol. The molecule has 1 unspecified atom stereocenters. The molecule has 0 N–H and O–H groups in total. The predicted octanol–water partition coefficient (Wildman–Crippen LogP) is 2.14. The lowest BCUT2D eigenvalue weighted by atomic mass is 10.1. The number of nitrogens with zero attached hydrogens (tertiary/aromatic N) is 3. The topological polar surface area (TPSA) is 78.0 Å². The highest BCUT2D eigenvalue weighted by Crippen LogP contribution is 2.33. The molecule has 1 atom stereocenters. The Morgan fingerprint density at radius 2 is 1.83 bits per heavy atom. The Balaban J connectivity index is 1.60. The zero-order valence-corrected chi connectivity index (χ0v) is 17.2. The van der Waals surface area contributed by atoms with E-state index in [4.69, 9.17) is 0 Å². The van der Waals surface area contributed by atoms with Gasteiger partial charge in [-0.15, -0.1) is 0 Å². The van der Waals surface area contributed by atoms with E-state index in [1.165, 1.54) is 34.5 Å². The van der Waals surface area contributed by atoms with Crippen molar-refractivity contribution < 1.29 is 18.0 Å². The van der Waals surface area contributed by atoms with Gasteiger partial charge in [-0.2, -0.15) is 4.31 Å². The molecule has 8 heteroatoms. The maximum Gasteiger partial charge on any atom is 0.299 e. The number of ketones is 1. The van der Waals surface area contributed by atoms with Crippen molar-refractivity contribution in [2.75, 3.05) is 37.0 Å². The highest BCUT2D eigenvalue weighted by molar-refractivity contribution is 7.89. The number of Topliss-reactive ketones (excluding diaryl/α,β-unsaturated/α-hetero) is 1. The molecular formula is C21H23N3O4S. The first-order valence-electron chi connectivity index (χ1n) is 9.55. The van der Waals surface area contributed by atoms with Crippen LogP contribution in [0.4, 0.5) is 11.4 Å². The van der Waals surface area contributed by atoms with Crippen LogP contribution < -0.4 is 9.80 Å². The molecule has 2 aliphatic rings. The number of rotatable bonds is 5. The quantitative estimate of drug-likeness (QED) is 0.702. The third kappa shape index (κ3) is 3.32. The average molecular weight is 413 g/mol. The van der Waals surface area contributed by atoms with Crippen LogP contribution in [0.25, 0.3) is 0 Å². The summed E-state index contributed by atoms with van der Waals surface area (Å²) in [5, 5.41) is 0. The van der Waals surface area contributed by atoms with Gasteiger partial charge in [0.05, 0.1) is 16.1 Å². The zero-order valence-electron chi connectivity index (χ0n) is 16.4. The Morgan fingerprint density at radius 3 is 2.55 bits per heavy atom. The maximum absolute atomic E-state index is 13.3. The van der Waals surface area contributed by atoms with Crippen molar-refractivity contribution in [1.29, 1.82) is 0 Å². The van der Waals surface area contributed by atoms with Crippen molar-refractivity contribution in [2.45, 2.75) is 23.8 Å². The minimum Gasteiger partial charge on any atom is -0.373 e.